The van der Waals surface area contributed by atoms with E-state index in [9.17, 15) is 0 Å². The van der Waals surface area contributed by atoms with E-state index in [1.165, 1.54) is 0 Å². The van der Waals surface area contributed by atoms with Gasteiger partial charge in [-0.05, 0) is 30.7 Å². The van der Waals surface area contributed by atoms with Gasteiger partial charge in [-0.2, -0.15) is 0 Å². The molecule has 3 rings (SSSR count). The Morgan fingerprint density at radius 3 is 2.89 bits per heavy atom. The fourth-order valence-corrected chi connectivity index (χ4v) is 2.03. The molecule has 1 aromatic carbocycles. The van der Waals surface area contributed by atoms with Crippen LogP contribution in [0.3, 0.4) is 0 Å². The van der Waals surface area contributed by atoms with Crippen LogP contribution in [0.5, 0.6) is 0 Å². The van der Waals surface area contributed by atoms with Crippen molar-refractivity contribution in [2.24, 2.45) is 0 Å². The van der Waals surface area contributed by atoms with E-state index in [0.717, 1.165) is 22.0 Å². The Hall–Kier alpha value is -2.62. The van der Waals surface area contributed by atoms with E-state index >= 15 is 0 Å². The Bertz CT molecular complexity index is 732. The first-order chi connectivity index (χ1) is 9.25. The highest BCUT2D eigenvalue weighted by Crippen LogP contribution is 2.28. The number of aryl methyl sites for hydroxylation is 1. The van der Waals surface area contributed by atoms with Crippen LogP contribution >= 0.6 is 0 Å². The molecule has 4 nitrogen and oxygen atoms in total. The number of anilines is 3. The lowest BCUT2D eigenvalue weighted by atomic mass is 10.1. The van der Waals surface area contributed by atoms with Crippen LogP contribution in [-0.2, 0) is 0 Å². The molecule has 2 heterocycles. The predicted molar refractivity (Wildman–Crippen MR) is 78.4 cm³/mol. The third-order valence-corrected chi connectivity index (χ3v) is 3.14. The van der Waals surface area contributed by atoms with Crippen molar-refractivity contribution in [2.75, 3.05) is 11.1 Å². The van der Waals surface area contributed by atoms with Crippen LogP contribution in [0, 0.1) is 6.92 Å². The van der Waals surface area contributed by atoms with Gasteiger partial charge >= 0.3 is 0 Å². The molecule has 0 fully saturated rings. The Morgan fingerprint density at radius 2 is 2.00 bits per heavy atom. The maximum atomic E-state index is 6.04. The first-order valence-electron chi connectivity index (χ1n) is 6.06. The van der Waals surface area contributed by atoms with Gasteiger partial charge < -0.3 is 11.1 Å². The summed E-state index contributed by atoms with van der Waals surface area (Å²) in [6.45, 7) is 1.97. The molecule has 3 N–H and O–H groups in total. The van der Waals surface area contributed by atoms with Crippen molar-refractivity contribution in [2.45, 2.75) is 6.92 Å². The molecule has 0 saturated heterocycles. The summed E-state index contributed by atoms with van der Waals surface area (Å²) in [6.07, 6.45) is 5.37. The first-order valence-corrected chi connectivity index (χ1v) is 6.06. The van der Waals surface area contributed by atoms with Crippen molar-refractivity contribution in [1.82, 2.24) is 9.97 Å². The molecule has 0 aliphatic rings. The zero-order valence-corrected chi connectivity index (χ0v) is 10.6. The predicted octanol–water partition coefficient (Wildman–Crippen LogP) is 3.26. The summed E-state index contributed by atoms with van der Waals surface area (Å²) in [5.74, 6) is 0.685. The third kappa shape index (κ3) is 2.08. The molecule has 0 radical (unpaired) electrons. The molecule has 0 aliphatic carbocycles. The molecule has 3 aromatic rings. The van der Waals surface area contributed by atoms with Crippen molar-refractivity contribution in [1.29, 1.82) is 0 Å². The van der Waals surface area contributed by atoms with Crippen molar-refractivity contribution in [3.8, 4) is 0 Å². The van der Waals surface area contributed by atoms with Crippen molar-refractivity contribution in [3.05, 3.63) is 54.5 Å². The summed E-state index contributed by atoms with van der Waals surface area (Å²) in [6, 6.07) is 9.89. The SMILES string of the molecule is Cc1ccnc(Nc2cccc3cnccc23)c1N. The number of nitrogen functional groups attached to an aromatic ring is 1. The zero-order valence-electron chi connectivity index (χ0n) is 10.6. The molecule has 0 amide bonds. The first kappa shape index (κ1) is 11.5. The smallest absolute Gasteiger partial charge is 0.153 e. The minimum Gasteiger partial charge on any atom is -0.396 e. The summed E-state index contributed by atoms with van der Waals surface area (Å²) >= 11 is 0. The maximum Gasteiger partial charge on any atom is 0.153 e. The Balaban J connectivity index is 2.09. The number of aromatic nitrogens is 2. The lowest BCUT2D eigenvalue weighted by Crippen LogP contribution is -2.01. The van der Waals surface area contributed by atoms with Gasteiger partial charge in [0.15, 0.2) is 5.82 Å². The van der Waals surface area contributed by atoms with Crippen LogP contribution in [0.25, 0.3) is 10.8 Å². The summed E-state index contributed by atoms with van der Waals surface area (Å²) in [5, 5.41) is 5.47. The Morgan fingerprint density at radius 1 is 1.11 bits per heavy atom. The van der Waals surface area contributed by atoms with Crippen molar-refractivity contribution < 1.29 is 0 Å². The number of pyridine rings is 2. The van der Waals surface area contributed by atoms with Crippen LogP contribution in [0.2, 0.25) is 0 Å². The van der Waals surface area contributed by atoms with Crippen LogP contribution in [-0.4, -0.2) is 9.97 Å². The van der Waals surface area contributed by atoms with E-state index in [-0.39, 0.29) is 0 Å². The van der Waals surface area contributed by atoms with Crippen LogP contribution in [0.1, 0.15) is 5.56 Å². The quantitative estimate of drug-likeness (QED) is 0.732. The second kappa shape index (κ2) is 4.57. The molecule has 2 aromatic heterocycles. The standard InChI is InChI=1S/C15H14N4/c1-10-5-8-18-15(14(10)16)19-13-4-2-3-11-9-17-7-6-12(11)13/h2-9H,16H2,1H3,(H,18,19). The molecule has 94 valence electrons. The van der Waals surface area contributed by atoms with E-state index in [0.29, 0.717) is 11.5 Å². The Labute approximate surface area is 111 Å². The molecular weight excluding hydrogens is 236 g/mol. The van der Waals surface area contributed by atoms with E-state index in [1.54, 1.807) is 12.4 Å². The molecule has 0 spiro atoms. The highest BCUT2D eigenvalue weighted by molar-refractivity contribution is 5.95. The highest BCUT2D eigenvalue weighted by atomic mass is 15.0. The second-order valence-corrected chi connectivity index (χ2v) is 4.42. The van der Waals surface area contributed by atoms with E-state index in [4.69, 9.17) is 5.73 Å². The number of hydrogen-bond acceptors (Lipinski definition) is 4. The van der Waals surface area contributed by atoms with Gasteiger partial charge in [0.1, 0.15) is 0 Å². The minimum atomic E-state index is 0.675. The number of hydrogen-bond donors (Lipinski definition) is 2. The summed E-state index contributed by atoms with van der Waals surface area (Å²) in [4.78, 5) is 8.41. The molecule has 0 unspecified atom stereocenters. The number of benzene rings is 1. The van der Waals surface area contributed by atoms with Gasteiger partial charge in [0.2, 0.25) is 0 Å². The van der Waals surface area contributed by atoms with Gasteiger partial charge in [0.05, 0.1) is 5.69 Å². The molecule has 0 saturated carbocycles. The van der Waals surface area contributed by atoms with Gasteiger partial charge in [-0.1, -0.05) is 12.1 Å². The number of fused-ring (bicyclic) bond motifs is 1. The van der Waals surface area contributed by atoms with E-state index in [2.05, 4.69) is 15.3 Å². The van der Waals surface area contributed by atoms with Gasteiger partial charge in [0, 0.05) is 35.1 Å². The largest absolute Gasteiger partial charge is 0.396 e. The fraction of sp³-hybridized carbons (Fsp3) is 0.0667. The lowest BCUT2D eigenvalue weighted by molar-refractivity contribution is 1.28. The second-order valence-electron chi connectivity index (χ2n) is 4.42. The summed E-state index contributed by atoms with van der Waals surface area (Å²) in [5.41, 5.74) is 8.70. The number of nitrogens with two attached hydrogens (primary N) is 1. The monoisotopic (exact) mass is 250 g/mol. The highest BCUT2D eigenvalue weighted by Gasteiger charge is 2.06. The normalized spacial score (nSPS) is 10.6. The average molecular weight is 250 g/mol. The number of nitrogens with one attached hydrogen (secondary N) is 1. The zero-order chi connectivity index (χ0) is 13.2. The molecule has 0 bridgehead atoms. The van der Waals surface area contributed by atoms with Gasteiger partial charge in [0.25, 0.3) is 0 Å². The summed E-state index contributed by atoms with van der Waals surface area (Å²) in [7, 11) is 0. The summed E-state index contributed by atoms with van der Waals surface area (Å²) < 4.78 is 0. The van der Waals surface area contributed by atoms with Crippen LogP contribution in [0.4, 0.5) is 17.2 Å². The van der Waals surface area contributed by atoms with Crippen LogP contribution in [0.15, 0.2) is 48.9 Å². The van der Waals surface area contributed by atoms with E-state index < -0.39 is 0 Å². The maximum absolute atomic E-state index is 6.04. The van der Waals surface area contributed by atoms with Crippen LogP contribution < -0.4 is 11.1 Å². The molecule has 4 heteroatoms. The molecule has 0 atom stereocenters. The fourth-order valence-electron chi connectivity index (χ4n) is 2.03. The Kier molecular flexibility index (Phi) is 2.76. The van der Waals surface area contributed by atoms with Gasteiger partial charge in [-0.15, -0.1) is 0 Å². The van der Waals surface area contributed by atoms with Gasteiger partial charge in [-0.3, -0.25) is 4.98 Å². The number of rotatable bonds is 2. The molecule has 19 heavy (non-hydrogen) atoms. The minimum absolute atomic E-state index is 0.675. The van der Waals surface area contributed by atoms with Crippen molar-refractivity contribution in [3.63, 3.8) is 0 Å². The average Bonchev–Trinajstić information content (AvgIpc) is 2.44. The molecule has 0 aliphatic heterocycles. The lowest BCUT2D eigenvalue weighted by Gasteiger charge is -2.11. The van der Waals surface area contributed by atoms with E-state index in [1.807, 2.05) is 43.5 Å². The van der Waals surface area contributed by atoms with Gasteiger partial charge in [-0.25, -0.2) is 4.98 Å². The third-order valence-electron chi connectivity index (χ3n) is 3.14. The van der Waals surface area contributed by atoms with Crippen molar-refractivity contribution >= 4 is 28.0 Å². The topological polar surface area (TPSA) is 63.8 Å². The molecular formula is C15H14N4. The number of nitrogens with zero attached hydrogens (tertiary/aromatic N) is 2.